The number of amides is 1. The van der Waals surface area contributed by atoms with Crippen LogP contribution in [0.15, 0.2) is 23.2 Å². The van der Waals surface area contributed by atoms with Gasteiger partial charge in [0.1, 0.15) is 16.4 Å². The number of hydrogen-bond donors (Lipinski definition) is 2. The first-order valence-corrected chi connectivity index (χ1v) is 11.2. The standard InChI is InChI=1S/C20H29N5O3S/c1-13-6-9-25(10-7-13)29(27,28)18-11-17(24(4)15(18)3)20(26)23-12-16-5-8-22-19(21)14(16)2/h5,8,11,13H,6-7,9-10,12H2,1-4H3,(H2,21,22)(H,23,26). The average Bonchev–Trinajstić information content (AvgIpc) is 2.99. The largest absolute Gasteiger partial charge is 0.383 e. The number of rotatable bonds is 5. The number of aromatic nitrogens is 2. The van der Waals surface area contributed by atoms with Crippen LogP contribution in [0.5, 0.6) is 0 Å². The lowest BCUT2D eigenvalue weighted by atomic mass is 10.0. The summed E-state index contributed by atoms with van der Waals surface area (Å²) in [7, 11) is -1.92. The van der Waals surface area contributed by atoms with Gasteiger partial charge in [-0.05, 0) is 55.9 Å². The fraction of sp³-hybridized carbons (Fsp3) is 0.500. The number of piperidine rings is 1. The zero-order valence-electron chi connectivity index (χ0n) is 17.4. The monoisotopic (exact) mass is 419 g/mol. The number of hydrogen-bond acceptors (Lipinski definition) is 5. The van der Waals surface area contributed by atoms with Crippen molar-refractivity contribution in [1.29, 1.82) is 0 Å². The molecule has 3 N–H and O–H groups in total. The molecule has 29 heavy (non-hydrogen) atoms. The Morgan fingerprint density at radius 3 is 2.62 bits per heavy atom. The molecular formula is C20H29N5O3S. The molecule has 2 aromatic heterocycles. The van der Waals surface area contributed by atoms with Crippen molar-refractivity contribution < 1.29 is 13.2 Å². The average molecular weight is 420 g/mol. The molecule has 3 heterocycles. The zero-order chi connectivity index (χ0) is 21.3. The molecule has 1 amide bonds. The van der Waals surface area contributed by atoms with Gasteiger partial charge >= 0.3 is 0 Å². The number of nitrogens with two attached hydrogens (primary N) is 1. The number of carbonyl (C=O) groups is 1. The van der Waals surface area contributed by atoms with Gasteiger partial charge in [0.25, 0.3) is 5.91 Å². The summed E-state index contributed by atoms with van der Waals surface area (Å²) in [5.41, 5.74) is 8.36. The Morgan fingerprint density at radius 1 is 1.31 bits per heavy atom. The Bertz CT molecular complexity index is 1020. The van der Waals surface area contributed by atoms with Gasteiger partial charge in [0.15, 0.2) is 0 Å². The molecule has 0 atom stereocenters. The quantitative estimate of drug-likeness (QED) is 0.770. The number of nitrogens with one attached hydrogen (secondary N) is 1. The minimum absolute atomic E-state index is 0.198. The maximum Gasteiger partial charge on any atom is 0.268 e. The molecule has 1 fully saturated rings. The van der Waals surface area contributed by atoms with Gasteiger partial charge in [-0.15, -0.1) is 0 Å². The number of pyridine rings is 1. The van der Waals surface area contributed by atoms with Gasteiger partial charge in [-0.3, -0.25) is 4.79 Å². The highest BCUT2D eigenvalue weighted by Crippen LogP contribution is 2.27. The Kier molecular flexibility index (Phi) is 6.00. The summed E-state index contributed by atoms with van der Waals surface area (Å²) in [4.78, 5) is 17.0. The van der Waals surface area contributed by atoms with Crippen molar-refractivity contribution >= 4 is 21.7 Å². The summed E-state index contributed by atoms with van der Waals surface area (Å²) in [6.45, 7) is 7.03. The van der Waals surface area contributed by atoms with Gasteiger partial charge in [-0.2, -0.15) is 4.31 Å². The highest BCUT2D eigenvalue weighted by atomic mass is 32.2. The van der Waals surface area contributed by atoms with Crippen molar-refractivity contribution in [3.8, 4) is 0 Å². The maximum atomic E-state index is 13.1. The van der Waals surface area contributed by atoms with Crippen LogP contribution >= 0.6 is 0 Å². The van der Waals surface area contributed by atoms with Gasteiger partial charge in [-0.1, -0.05) is 6.92 Å². The Labute approximate surface area is 172 Å². The lowest BCUT2D eigenvalue weighted by molar-refractivity contribution is 0.0942. The number of carbonyl (C=O) groups excluding carboxylic acids is 1. The molecule has 1 aliphatic heterocycles. The normalized spacial score (nSPS) is 16.1. The van der Waals surface area contributed by atoms with Crippen molar-refractivity contribution in [1.82, 2.24) is 19.2 Å². The molecular weight excluding hydrogens is 390 g/mol. The zero-order valence-corrected chi connectivity index (χ0v) is 18.2. The Hall–Kier alpha value is -2.39. The van der Waals surface area contributed by atoms with Crippen LogP contribution in [0, 0.1) is 19.8 Å². The van der Waals surface area contributed by atoms with E-state index < -0.39 is 10.0 Å². The predicted octanol–water partition coefficient (Wildman–Crippen LogP) is 1.97. The third-order valence-electron chi connectivity index (χ3n) is 5.88. The molecule has 0 radical (unpaired) electrons. The lowest BCUT2D eigenvalue weighted by Crippen LogP contribution is -2.38. The molecule has 1 saturated heterocycles. The number of sulfonamides is 1. The van der Waals surface area contributed by atoms with Crippen molar-refractivity contribution in [3.63, 3.8) is 0 Å². The van der Waals surface area contributed by atoms with Gasteiger partial charge in [0, 0.05) is 38.6 Å². The van der Waals surface area contributed by atoms with E-state index in [0.29, 0.717) is 36.2 Å². The number of nitrogens with zero attached hydrogens (tertiary/aromatic N) is 3. The van der Waals surface area contributed by atoms with Crippen LogP contribution in [0.3, 0.4) is 0 Å². The van der Waals surface area contributed by atoms with Crippen molar-refractivity contribution in [2.75, 3.05) is 18.8 Å². The third kappa shape index (κ3) is 4.16. The van der Waals surface area contributed by atoms with E-state index in [2.05, 4.69) is 17.2 Å². The topological polar surface area (TPSA) is 110 Å². The van der Waals surface area contributed by atoms with E-state index in [1.54, 1.807) is 30.8 Å². The van der Waals surface area contributed by atoms with E-state index in [9.17, 15) is 13.2 Å². The van der Waals surface area contributed by atoms with Gasteiger partial charge in [-0.25, -0.2) is 13.4 Å². The van der Waals surface area contributed by atoms with Crippen molar-refractivity contribution in [2.24, 2.45) is 13.0 Å². The lowest BCUT2D eigenvalue weighted by Gasteiger charge is -2.29. The molecule has 0 spiro atoms. The second-order valence-electron chi connectivity index (χ2n) is 7.79. The Balaban J connectivity index is 1.81. The van der Waals surface area contributed by atoms with Crippen molar-refractivity contribution in [2.45, 2.75) is 45.1 Å². The SMILES string of the molecule is Cc1c(CNC(=O)c2cc(S(=O)(=O)N3CCC(C)CC3)c(C)n2C)ccnc1N. The van der Waals surface area contributed by atoms with E-state index >= 15 is 0 Å². The smallest absolute Gasteiger partial charge is 0.268 e. The highest BCUT2D eigenvalue weighted by molar-refractivity contribution is 7.89. The van der Waals surface area contributed by atoms with E-state index in [-0.39, 0.29) is 17.3 Å². The highest BCUT2D eigenvalue weighted by Gasteiger charge is 2.32. The second kappa shape index (κ2) is 8.16. The molecule has 0 bridgehead atoms. The van der Waals surface area contributed by atoms with Gasteiger partial charge < -0.3 is 15.6 Å². The minimum atomic E-state index is -3.62. The predicted molar refractivity (Wildman–Crippen MR) is 112 cm³/mol. The summed E-state index contributed by atoms with van der Waals surface area (Å²) in [5, 5.41) is 2.85. The minimum Gasteiger partial charge on any atom is -0.383 e. The molecule has 3 rings (SSSR count). The molecule has 2 aromatic rings. The fourth-order valence-electron chi connectivity index (χ4n) is 3.57. The maximum absolute atomic E-state index is 13.1. The van der Waals surface area contributed by atoms with Crippen LogP contribution in [0.2, 0.25) is 0 Å². The van der Waals surface area contributed by atoms with Crippen LogP contribution in [0.4, 0.5) is 5.82 Å². The van der Waals surface area contributed by atoms with Crippen molar-refractivity contribution in [3.05, 3.63) is 40.8 Å². The summed E-state index contributed by atoms with van der Waals surface area (Å²) < 4.78 is 29.4. The van der Waals surface area contributed by atoms with Gasteiger partial charge in [0.2, 0.25) is 10.0 Å². The van der Waals surface area contributed by atoms with Crippen LogP contribution in [-0.2, 0) is 23.6 Å². The molecule has 0 aromatic carbocycles. The van der Waals surface area contributed by atoms with Gasteiger partial charge in [0.05, 0.1) is 0 Å². The molecule has 158 valence electrons. The molecule has 0 aliphatic carbocycles. The van der Waals surface area contributed by atoms with E-state index in [0.717, 1.165) is 24.0 Å². The molecule has 9 heteroatoms. The van der Waals surface area contributed by atoms with E-state index in [1.165, 1.54) is 10.4 Å². The number of nitrogen functional groups attached to an aromatic ring is 1. The molecule has 0 saturated carbocycles. The molecule has 0 unspecified atom stereocenters. The summed E-state index contributed by atoms with van der Waals surface area (Å²) in [6.07, 6.45) is 3.31. The van der Waals surface area contributed by atoms with Crippen LogP contribution in [0.25, 0.3) is 0 Å². The van der Waals surface area contributed by atoms with Crippen LogP contribution in [0.1, 0.15) is 47.1 Å². The number of anilines is 1. The van der Waals surface area contributed by atoms with Crippen LogP contribution in [-0.4, -0.2) is 41.3 Å². The molecule has 8 nitrogen and oxygen atoms in total. The first-order valence-electron chi connectivity index (χ1n) is 9.77. The Morgan fingerprint density at radius 2 is 1.97 bits per heavy atom. The van der Waals surface area contributed by atoms with E-state index in [4.69, 9.17) is 5.73 Å². The van der Waals surface area contributed by atoms with Crippen LogP contribution < -0.4 is 11.1 Å². The summed E-state index contributed by atoms with van der Waals surface area (Å²) in [5.74, 6) is 0.625. The first kappa shape index (κ1) is 21.3. The molecule has 1 aliphatic rings. The second-order valence-corrected chi connectivity index (χ2v) is 9.69. The fourth-order valence-corrected chi connectivity index (χ4v) is 5.31. The third-order valence-corrected chi connectivity index (χ3v) is 7.89. The summed E-state index contributed by atoms with van der Waals surface area (Å²) in [6, 6.07) is 3.28. The van der Waals surface area contributed by atoms with E-state index in [1.807, 2.05) is 6.92 Å². The first-order chi connectivity index (χ1) is 13.6. The summed E-state index contributed by atoms with van der Waals surface area (Å²) >= 11 is 0.